The monoisotopic (exact) mass is 465 g/mol. The maximum atomic E-state index is 14.1. The molecule has 2 rings (SSSR count). The molecule has 2 aromatic carbocycles. The summed E-state index contributed by atoms with van der Waals surface area (Å²) in [5, 5.41) is 5.49. The molecule has 1 atom stereocenters. The number of para-hydroxylation sites is 1. The molecule has 174 valence electrons. The highest BCUT2D eigenvalue weighted by Gasteiger charge is 2.63. The van der Waals surface area contributed by atoms with Crippen LogP contribution in [0.2, 0.25) is 0 Å². The van der Waals surface area contributed by atoms with E-state index in [1.165, 1.54) is 36.5 Å². The number of alkyl halides is 6. The van der Waals surface area contributed by atoms with E-state index in [2.05, 4.69) is 14.8 Å². The van der Waals surface area contributed by atoms with Crippen LogP contribution in [-0.2, 0) is 9.53 Å². The van der Waals surface area contributed by atoms with Gasteiger partial charge in [0.2, 0.25) is 0 Å². The lowest BCUT2D eigenvalue weighted by molar-refractivity contribution is -0.274. The molecule has 0 saturated carbocycles. The number of rotatable bonds is 7. The van der Waals surface area contributed by atoms with E-state index in [9.17, 15) is 35.9 Å². The Balaban J connectivity index is 2.36. The van der Waals surface area contributed by atoms with Crippen molar-refractivity contribution in [3.63, 3.8) is 0 Å². The molecule has 0 spiro atoms. The summed E-state index contributed by atoms with van der Waals surface area (Å²) in [5.74, 6) is -2.59. The number of esters is 1. The van der Waals surface area contributed by atoms with Gasteiger partial charge in [0.25, 0.3) is 0 Å². The zero-order valence-corrected chi connectivity index (χ0v) is 16.3. The van der Waals surface area contributed by atoms with Crippen molar-refractivity contribution in [2.24, 2.45) is 0 Å². The van der Waals surface area contributed by atoms with Gasteiger partial charge in [0.15, 0.2) is 0 Å². The first-order chi connectivity index (χ1) is 14.9. The molecule has 0 aromatic heterocycles. The fourth-order valence-corrected chi connectivity index (χ4v) is 2.44. The molecule has 7 nitrogen and oxygen atoms in total. The standard InChI is InChI=1S/C19H17F6N3O4/c1-2-31-15(29)17(18(20,21)22,28-16(30)26-12-6-4-3-5-7-12)27-13-8-10-14(11-9-13)32-19(23,24)25/h3-11,27H,2H2,1H3,(H2,26,28,30). The van der Waals surface area contributed by atoms with Crippen LogP contribution in [0.25, 0.3) is 0 Å². The van der Waals surface area contributed by atoms with Gasteiger partial charge in [-0.3, -0.25) is 5.32 Å². The van der Waals surface area contributed by atoms with Crippen molar-refractivity contribution < 1.29 is 45.4 Å². The highest BCUT2D eigenvalue weighted by Crippen LogP contribution is 2.34. The number of carbonyl (C=O) groups excluding carboxylic acids is 2. The third-order valence-electron chi connectivity index (χ3n) is 3.76. The summed E-state index contributed by atoms with van der Waals surface area (Å²) in [6.07, 6.45) is -10.4. The first kappa shape index (κ1) is 24.6. The van der Waals surface area contributed by atoms with Crippen molar-refractivity contribution in [1.82, 2.24) is 5.32 Å². The third-order valence-corrected chi connectivity index (χ3v) is 3.76. The molecule has 0 aliphatic rings. The number of hydrogen-bond acceptors (Lipinski definition) is 5. The van der Waals surface area contributed by atoms with Crippen LogP contribution in [0, 0.1) is 0 Å². The molecular weight excluding hydrogens is 448 g/mol. The van der Waals surface area contributed by atoms with Crippen molar-refractivity contribution in [1.29, 1.82) is 0 Å². The number of nitrogens with one attached hydrogen (secondary N) is 3. The van der Waals surface area contributed by atoms with Crippen LogP contribution < -0.4 is 20.7 Å². The summed E-state index contributed by atoms with van der Waals surface area (Å²) in [6, 6.07) is 9.09. The Morgan fingerprint density at radius 1 is 0.875 bits per heavy atom. The van der Waals surface area contributed by atoms with Gasteiger partial charge in [-0.05, 0) is 43.3 Å². The fraction of sp³-hybridized carbons (Fsp3) is 0.263. The zero-order chi connectivity index (χ0) is 24.0. The van der Waals surface area contributed by atoms with Crippen LogP contribution in [-0.4, -0.2) is 36.8 Å². The first-order valence-corrected chi connectivity index (χ1v) is 8.88. The number of benzene rings is 2. The molecule has 2 aromatic rings. The smallest absolute Gasteiger partial charge is 0.463 e. The molecule has 0 radical (unpaired) electrons. The van der Waals surface area contributed by atoms with E-state index < -0.39 is 48.2 Å². The molecule has 3 N–H and O–H groups in total. The van der Waals surface area contributed by atoms with E-state index in [0.29, 0.717) is 0 Å². The van der Waals surface area contributed by atoms with Gasteiger partial charge in [0.05, 0.1) is 6.61 Å². The summed E-state index contributed by atoms with van der Waals surface area (Å²) in [5.41, 5.74) is -4.07. The largest absolute Gasteiger partial charge is 0.573 e. The summed E-state index contributed by atoms with van der Waals surface area (Å²) in [4.78, 5) is 24.6. The van der Waals surface area contributed by atoms with Crippen molar-refractivity contribution in [2.45, 2.75) is 25.1 Å². The van der Waals surface area contributed by atoms with Crippen molar-refractivity contribution in [3.8, 4) is 5.75 Å². The Bertz CT molecular complexity index is 919. The normalized spacial score (nSPS) is 13.5. The average molecular weight is 465 g/mol. The first-order valence-electron chi connectivity index (χ1n) is 8.88. The Labute approximate surface area is 177 Å². The van der Waals surface area contributed by atoms with Gasteiger partial charge in [-0.2, -0.15) is 13.2 Å². The number of amides is 2. The Kier molecular flexibility index (Phi) is 7.44. The van der Waals surface area contributed by atoms with E-state index in [0.717, 1.165) is 24.3 Å². The van der Waals surface area contributed by atoms with Gasteiger partial charge in [0.1, 0.15) is 5.75 Å². The Hall–Kier alpha value is -3.64. The molecular formula is C19H17F6N3O4. The minimum absolute atomic E-state index is 0.138. The molecule has 32 heavy (non-hydrogen) atoms. The van der Waals surface area contributed by atoms with Crippen LogP contribution >= 0.6 is 0 Å². The van der Waals surface area contributed by atoms with E-state index in [4.69, 9.17) is 0 Å². The molecule has 0 bridgehead atoms. The second-order valence-corrected chi connectivity index (χ2v) is 6.11. The van der Waals surface area contributed by atoms with E-state index in [-0.39, 0.29) is 5.69 Å². The second kappa shape index (κ2) is 9.66. The van der Waals surface area contributed by atoms with Gasteiger partial charge < -0.3 is 20.1 Å². The quantitative estimate of drug-likeness (QED) is 0.315. The predicted molar refractivity (Wildman–Crippen MR) is 101 cm³/mol. The van der Waals surface area contributed by atoms with Gasteiger partial charge >= 0.3 is 30.2 Å². The lowest BCUT2D eigenvalue weighted by Gasteiger charge is -2.35. The van der Waals surface area contributed by atoms with Crippen LogP contribution in [0.5, 0.6) is 5.75 Å². The number of halogens is 6. The maximum absolute atomic E-state index is 14.1. The van der Waals surface area contributed by atoms with Crippen LogP contribution in [0.3, 0.4) is 0 Å². The number of anilines is 2. The topological polar surface area (TPSA) is 88.7 Å². The molecule has 13 heteroatoms. The van der Waals surface area contributed by atoms with E-state index >= 15 is 0 Å². The van der Waals surface area contributed by atoms with Crippen molar-refractivity contribution in [2.75, 3.05) is 17.2 Å². The Morgan fingerprint density at radius 2 is 1.47 bits per heavy atom. The van der Waals surface area contributed by atoms with Gasteiger partial charge in [0, 0.05) is 11.4 Å². The van der Waals surface area contributed by atoms with E-state index in [1.54, 1.807) is 6.07 Å². The molecule has 2 amide bonds. The minimum atomic E-state index is -5.42. The zero-order valence-electron chi connectivity index (χ0n) is 16.3. The molecule has 0 aliphatic carbocycles. The maximum Gasteiger partial charge on any atom is 0.573 e. The van der Waals surface area contributed by atoms with Crippen LogP contribution in [0.1, 0.15) is 6.92 Å². The lowest BCUT2D eigenvalue weighted by atomic mass is 10.1. The lowest BCUT2D eigenvalue weighted by Crippen LogP contribution is -2.70. The molecule has 0 fully saturated rings. The van der Waals surface area contributed by atoms with Crippen molar-refractivity contribution in [3.05, 3.63) is 54.6 Å². The van der Waals surface area contributed by atoms with E-state index in [1.807, 2.05) is 5.32 Å². The summed E-state index contributed by atoms with van der Waals surface area (Å²) < 4.78 is 87.2. The highest BCUT2D eigenvalue weighted by molar-refractivity contribution is 5.96. The molecule has 0 aliphatic heterocycles. The van der Waals surface area contributed by atoms with Gasteiger partial charge in [-0.1, -0.05) is 18.2 Å². The summed E-state index contributed by atoms with van der Waals surface area (Å²) in [7, 11) is 0. The Morgan fingerprint density at radius 3 is 1.97 bits per heavy atom. The minimum Gasteiger partial charge on any atom is -0.463 e. The van der Waals surface area contributed by atoms with Crippen LogP contribution in [0.15, 0.2) is 54.6 Å². The van der Waals surface area contributed by atoms with Crippen LogP contribution in [0.4, 0.5) is 42.5 Å². The number of ether oxygens (including phenoxy) is 2. The second-order valence-electron chi connectivity index (χ2n) is 6.11. The molecule has 0 saturated heterocycles. The number of urea groups is 1. The number of hydrogen-bond donors (Lipinski definition) is 3. The summed E-state index contributed by atoms with van der Waals surface area (Å²) >= 11 is 0. The predicted octanol–water partition coefficient (Wildman–Crippen LogP) is 4.64. The number of carbonyl (C=O) groups is 2. The van der Waals surface area contributed by atoms with Gasteiger partial charge in [-0.15, -0.1) is 13.2 Å². The average Bonchev–Trinajstić information content (AvgIpc) is 2.67. The molecule has 1 unspecified atom stereocenters. The third kappa shape index (κ3) is 6.43. The highest BCUT2D eigenvalue weighted by atomic mass is 19.4. The summed E-state index contributed by atoms with van der Waals surface area (Å²) in [6.45, 7) is 0.811. The van der Waals surface area contributed by atoms with Crippen molar-refractivity contribution >= 4 is 23.4 Å². The van der Waals surface area contributed by atoms with Gasteiger partial charge in [-0.25, -0.2) is 9.59 Å². The SMILES string of the molecule is CCOC(=O)C(NC(=O)Nc1ccccc1)(Nc1ccc(OC(F)(F)F)cc1)C(F)(F)F. The fourth-order valence-electron chi connectivity index (χ4n) is 2.44. The molecule has 0 heterocycles.